The Hall–Kier alpha value is -3.15. The van der Waals surface area contributed by atoms with Gasteiger partial charge in [0.1, 0.15) is 12.1 Å². The molecular formula is C22H21N3O3. The predicted molar refractivity (Wildman–Crippen MR) is 102 cm³/mol. The topological polar surface area (TPSA) is 69.7 Å². The Morgan fingerprint density at radius 3 is 2.50 bits per heavy atom. The molecule has 0 saturated carbocycles. The number of nitrogens with zero attached hydrogens (tertiary/aromatic N) is 2. The summed E-state index contributed by atoms with van der Waals surface area (Å²) in [6, 6.07) is 15.3. The number of fused-ring (bicyclic) bond motifs is 3. The van der Waals surface area contributed by atoms with Crippen molar-refractivity contribution >= 4 is 17.8 Å². The van der Waals surface area contributed by atoms with Gasteiger partial charge >= 0.3 is 6.03 Å². The van der Waals surface area contributed by atoms with Gasteiger partial charge in [-0.15, -0.1) is 0 Å². The lowest BCUT2D eigenvalue weighted by Gasteiger charge is -2.30. The van der Waals surface area contributed by atoms with Gasteiger partial charge in [0.15, 0.2) is 0 Å². The minimum absolute atomic E-state index is 0.193. The van der Waals surface area contributed by atoms with E-state index >= 15 is 0 Å². The molecule has 0 bridgehead atoms. The highest BCUT2D eigenvalue weighted by molar-refractivity contribution is 6.09. The lowest BCUT2D eigenvalue weighted by Crippen LogP contribution is -2.46. The van der Waals surface area contributed by atoms with E-state index in [1.54, 1.807) is 4.90 Å². The fraction of sp³-hybridized carbons (Fsp3) is 0.318. The Balaban J connectivity index is 1.35. The van der Waals surface area contributed by atoms with Gasteiger partial charge in [-0.25, -0.2) is 4.79 Å². The summed E-state index contributed by atoms with van der Waals surface area (Å²) < 4.78 is 0. The molecule has 1 aliphatic carbocycles. The van der Waals surface area contributed by atoms with Gasteiger partial charge in [-0.3, -0.25) is 14.5 Å². The Bertz CT molecular complexity index is 1000. The van der Waals surface area contributed by atoms with Crippen molar-refractivity contribution in [1.29, 1.82) is 0 Å². The Labute approximate surface area is 163 Å². The van der Waals surface area contributed by atoms with Crippen LogP contribution in [-0.4, -0.2) is 40.7 Å². The second kappa shape index (κ2) is 6.19. The summed E-state index contributed by atoms with van der Waals surface area (Å²) in [6.45, 7) is 0.914. The molecule has 4 amide bonds. The van der Waals surface area contributed by atoms with Crippen LogP contribution >= 0.6 is 0 Å². The molecule has 1 atom stereocenters. The number of rotatable bonds is 2. The van der Waals surface area contributed by atoms with Crippen molar-refractivity contribution in [2.45, 2.75) is 31.3 Å². The summed E-state index contributed by atoms with van der Waals surface area (Å²) in [4.78, 5) is 41.5. The molecule has 2 aromatic carbocycles. The van der Waals surface area contributed by atoms with Gasteiger partial charge in [0.05, 0.1) is 0 Å². The molecule has 28 heavy (non-hydrogen) atoms. The maximum atomic E-state index is 13.2. The Kier molecular flexibility index (Phi) is 3.75. The molecule has 3 aliphatic rings. The lowest BCUT2D eigenvalue weighted by molar-refractivity contribution is -0.139. The van der Waals surface area contributed by atoms with Crippen molar-refractivity contribution in [2.75, 3.05) is 13.1 Å². The fourth-order valence-corrected chi connectivity index (χ4v) is 4.68. The standard InChI is InChI=1S/C22H21N3O3/c26-19(24-12-10-15-5-1-2-7-17(15)13-24)14-25-20(27)22(23-21(25)28)11-9-16-6-3-4-8-18(16)22/h1-8H,9-14H2,(H,23,28)/t22-/m0/s1. The van der Waals surface area contributed by atoms with Crippen LogP contribution in [0, 0.1) is 0 Å². The summed E-state index contributed by atoms with van der Waals surface area (Å²) in [5.41, 5.74) is 3.30. The van der Waals surface area contributed by atoms with E-state index in [2.05, 4.69) is 11.4 Å². The first-order valence-electron chi connectivity index (χ1n) is 9.65. The van der Waals surface area contributed by atoms with Gasteiger partial charge < -0.3 is 10.2 Å². The number of aryl methyl sites for hydroxylation is 1. The van der Waals surface area contributed by atoms with Gasteiger partial charge in [-0.05, 0) is 41.5 Å². The zero-order valence-corrected chi connectivity index (χ0v) is 15.5. The normalized spacial score (nSPS) is 23.0. The lowest BCUT2D eigenvalue weighted by atomic mass is 9.92. The highest BCUT2D eigenvalue weighted by atomic mass is 16.2. The molecule has 1 fully saturated rings. The van der Waals surface area contributed by atoms with Crippen molar-refractivity contribution in [2.24, 2.45) is 0 Å². The molecule has 6 heteroatoms. The number of carbonyl (C=O) groups excluding carboxylic acids is 3. The third kappa shape index (κ3) is 2.44. The molecule has 0 radical (unpaired) electrons. The number of amides is 4. The first-order valence-corrected chi connectivity index (χ1v) is 9.65. The number of hydrogen-bond donors (Lipinski definition) is 1. The number of nitrogens with one attached hydrogen (secondary N) is 1. The van der Waals surface area contributed by atoms with E-state index in [1.807, 2.05) is 42.5 Å². The van der Waals surface area contributed by atoms with E-state index in [4.69, 9.17) is 0 Å². The SMILES string of the molecule is O=C(CN1C(=O)N[C@]2(CCc3ccccc32)C1=O)N1CCc2ccccc2C1. The third-order valence-electron chi connectivity index (χ3n) is 6.20. The third-order valence-corrected chi connectivity index (χ3v) is 6.20. The highest BCUT2D eigenvalue weighted by Crippen LogP contribution is 2.41. The van der Waals surface area contributed by atoms with Gasteiger partial charge in [0, 0.05) is 13.1 Å². The van der Waals surface area contributed by atoms with Gasteiger partial charge in [0.25, 0.3) is 5.91 Å². The van der Waals surface area contributed by atoms with Crippen LogP contribution in [-0.2, 0) is 34.5 Å². The van der Waals surface area contributed by atoms with Crippen molar-refractivity contribution in [3.63, 3.8) is 0 Å². The van der Waals surface area contributed by atoms with Gasteiger partial charge in [-0.1, -0.05) is 48.5 Å². The Morgan fingerprint density at radius 2 is 1.68 bits per heavy atom. The molecule has 1 spiro atoms. The first-order chi connectivity index (χ1) is 13.6. The first kappa shape index (κ1) is 17.0. The molecule has 2 aromatic rings. The molecule has 0 unspecified atom stereocenters. The predicted octanol–water partition coefficient (Wildman–Crippen LogP) is 1.96. The van der Waals surface area contributed by atoms with E-state index in [9.17, 15) is 14.4 Å². The number of imide groups is 1. The van der Waals surface area contributed by atoms with Gasteiger partial charge in [-0.2, -0.15) is 0 Å². The maximum absolute atomic E-state index is 13.2. The van der Waals surface area contributed by atoms with E-state index in [1.165, 1.54) is 5.56 Å². The average molecular weight is 375 g/mol. The molecule has 2 aliphatic heterocycles. The van der Waals surface area contributed by atoms with Crippen LogP contribution in [0.2, 0.25) is 0 Å². The molecule has 0 aromatic heterocycles. The number of urea groups is 1. The van der Waals surface area contributed by atoms with Crippen molar-refractivity contribution in [3.05, 3.63) is 70.8 Å². The number of benzene rings is 2. The molecule has 1 N–H and O–H groups in total. The van der Waals surface area contributed by atoms with E-state index in [0.717, 1.165) is 34.4 Å². The zero-order valence-electron chi connectivity index (χ0n) is 15.5. The highest BCUT2D eigenvalue weighted by Gasteiger charge is 2.55. The molecule has 142 valence electrons. The molecule has 5 rings (SSSR count). The summed E-state index contributed by atoms with van der Waals surface area (Å²) in [6.07, 6.45) is 2.07. The second-order valence-corrected chi connectivity index (χ2v) is 7.72. The number of carbonyl (C=O) groups is 3. The zero-order chi connectivity index (χ0) is 19.3. The van der Waals surface area contributed by atoms with Crippen LogP contribution in [0.15, 0.2) is 48.5 Å². The van der Waals surface area contributed by atoms with E-state index < -0.39 is 11.6 Å². The summed E-state index contributed by atoms with van der Waals surface area (Å²) in [7, 11) is 0. The minimum Gasteiger partial charge on any atom is -0.336 e. The molecule has 1 saturated heterocycles. The second-order valence-electron chi connectivity index (χ2n) is 7.72. The van der Waals surface area contributed by atoms with Crippen LogP contribution in [0.3, 0.4) is 0 Å². The van der Waals surface area contributed by atoms with Gasteiger partial charge in [0.2, 0.25) is 5.91 Å². The number of hydrogen-bond acceptors (Lipinski definition) is 3. The Morgan fingerprint density at radius 1 is 0.964 bits per heavy atom. The van der Waals surface area contributed by atoms with Crippen LogP contribution in [0.25, 0.3) is 0 Å². The largest absolute Gasteiger partial charge is 0.336 e. The smallest absolute Gasteiger partial charge is 0.325 e. The van der Waals surface area contributed by atoms with Crippen molar-refractivity contribution in [3.8, 4) is 0 Å². The van der Waals surface area contributed by atoms with Crippen LogP contribution in [0.1, 0.15) is 28.7 Å². The van der Waals surface area contributed by atoms with Crippen molar-refractivity contribution < 1.29 is 14.4 Å². The quantitative estimate of drug-likeness (QED) is 0.816. The summed E-state index contributed by atoms with van der Waals surface area (Å²) >= 11 is 0. The van der Waals surface area contributed by atoms with Crippen LogP contribution < -0.4 is 5.32 Å². The molecule has 2 heterocycles. The van der Waals surface area contributed by atoms with Crippen LogP contribution in [0.5, 0.6) is 0 Å². The van der Waals surface area contributed by atoms with Crippen molar-refractivity contribution in [1.82, 2.24) is 15.1 Å². The molecule has 6 nitrogen and oxygen atoms in total. The monoisotopic (exact) mass is 375 g/mol. The van der Waals surface area contributed by atoms with Crippen LogP contribution in [0.4, 0.5) is 4.79 Å². The van der Waals surface area contributed by atoms with E-state index in [-0.39, 0.29) is 18.4 Å². The summed E-state index contributed by atoms with van der Waals surface area (Å²) in [5, 5.41) is 2.88. The minimum atomic E-state index is -1.01. The molecular weight excluding hydrogens is 354 g/mol. The summed E-state index contributed by atoms with van der Waals surface area (Å²) in [5.74, 6) is -0.505. The fourth-order valence-electron chi connectivity index (χ4n) is 4.68. The maximum Gasteiger partial charge on any atom is 0.325 e. The average Bonchev–Trinajstić information content (AvgIpc) is 3.21. The van der Waals surface area contributed by atoms with E-state index in [0.29, 0.717) is 19.5 Å².